The fourth-order valence-corrected chi connectivity index (χ4v) is 3.63. The van der Waals surface area contributed by atoms with E-state index < -0.39 is 17.6 Å². The zero-order valence-corrected chi connectivity index (χ0v) is 15.8. The molecular weight excluding hydrogens is 386 g/mol. The van der Waals surface area contributed by atoms with Crippen molar-refractivity contribution in [3.05, 3.63) is 48.3 Å². The van der Waals surface area contributed by atoms with Crippen LogP contribution in [0.15, 0.2) is 42.7 Å². The molecule has 1 spiro atoms. The van der Waals surface area contributed by atoms with Gasteiger partial charge in [0.15, 0.2) is 0 Å². The van der Waals surface area contributed by atoms with Crippen LogP contribution >= 0.6 is 0 Å². The molecule has 2 amide bonds. The molecule has 2 aromatic rings. The molecule has 0 N–H and O–H groups in total. The quantitative estimate of drug-likeness (QED) is 0.751. The topological polar surface area (TPSA) is 76.9 Å². The Hall–Kier alpha value is -2.85. The van der Waals surface area contributed by atoms with Crippen molar-refractivity contribution in [3.63, 3.8) is 0 Å². The number of hydrogen-bond donors (Lipinski definition) is 0. The summed E-state index contributed by atoms with van der Waals surface area (Å²) in [5.74, 6) is -1.80. The number of anilines is 1. The summed E-state index contributed by atoms with van der Waals surface area (Å²) in [7, 11) is 1.68. The molecule has 1 aromatic carbocycles. The lowest BCUT2D eigenvalue weighted by Crippen LogP contribution is -2.66. The summed E-state index contributed by atoms with van der Waals surface area (Å²) in [6.07, 6.45) is -1.07. The van der Waals surface area contributed by atoms with E-state index in [0.29, 0.717) is 11.3 Å². The second-order valence-corrected chi connectivity index (χ2v) is 7.21. The number of morpholine rings is 1. The van der Waals surface area contributed by atoms with Crippen LogP contribution in [0.2, 0.25) is 0 Å². The van der Waals surface area contributed by atoms with E-state index in [4.69, 9.17) is 9.47 Å². The number of aromatic nitrogens is 2. The lowest BCUT2D eigenvalue weighted by Gasteiger charge is -2.45. The fourth-order valence-electron chi connectivity index (χ4n) is 3.63. The molecule has 1 atom stereocenters. The van der Waals surface area contributed by atoms with Gasteiger partial charge in [0.1, 0.15) is 5.60 Å². The molecule has 2 fully saturated rings. The van der Waals surface area contributed by atoms with Gasteiger partial charge in [-0.3, -0.25) is 19.0 Å². The van der Waals surface area contributed by atoms with E-state index in [-0.39, 0.29) is 38.8 Å². The number of benzene rings is 1. The van der Waals surface area contributed by atoms with Crippen LogP contribution in [0.1, 0.15) is 10.4 Å². The molecule has 154 valence electrons. The van der Waals surface area contributed by atoms with E-state index >= 15 is 0 Å². The molecule has 0 aliphatic carbocycles. The zero-order chi connectivity index (χ0) is 20.6. The average molecular weight is 406 g/mol. The molecule has 0 saturated carbocycles. The van der Waals surface area contributed by atoms with Gasteiger partial charge in [0, 0.05) is 25.5 Å². The van der Waals surface area contributed by atoms with Crippen molar-refractivity contribution in [2.75, 3.05) is 37.7 Å². The van der Waals surface area contributed by atoms with Gasteiger partial charge in [-0.05, 0) is 12.1 Å². The van der Waals surface area contributed by atoms with Crippen LogP contribution in [0.25, 0.3) is 0 Å². The Morgan fingerprint density at radius 3 is 2.66 bits per heavy atom. The number of para-hydroxylation sites is 1. The lowest BCUT2D eigenvalue weighted by molar-refractivity contribution is -0.293. The van der Waals surface area contributed by atoms with Gasteiger partial charge in [0.25, 0.3) is 5.91 Å². The highest BCUT2D eigenvalue weighted by atomic mass is 19.3. The van der Waals surface area contributed by atoms with Gasteiger partial charge >= 0.3 is 12.0 Å². The van der Waals surface area contributed by atoms with Gasteiger partial charge in [-0.1, -0.05) is 18.2 Å². The minimum Gasteiger partial charge on any atom is -0.376 e. The number of ether oxygens (including phenoxy) is 2. The maximum absolute atomic E-state index is 14.6. The van der Waals surface area contributed by atoms with Crippen LogP contribution in [0, 0.1) is 0 Å². The molecule has 2 saturated heterocycles. The van der Waals surface area contributed by atoms with E-state index in [1.807, 2.05) is 0 Å². The molecule has 0 bridgehead atoms. The van der Waals surface area contributed by atoms with E-state index in [1.54, 1.807) is 43.6 Å². The number of nitrogens with zero attached hydrogens (tertiary/aromatic N) is 4. The molecule has 29 heavy (non-hydrogen) atoms. The average Bonchev–Trinajstić information content (AvgIpc) is 3.03. The number of alkyl halides is 2. The second-order valence-electron chi connectivity index (χ2n) is 7.21. The second kappa shape index (κ2) is 7.20. The van der Waals surface area contributed by atoms with Crippen molar-refractivity contribution in [1.82, 2.24) is 14.7 Å². The van der Waals surface area contributed by atoms with Gasteiger partial charge in [-0.2, -0.15) is 13.9 Å². The molecule has 1 aromatic heterocycles. The summed E-state index contributed by atoms with van der Waals surface area (Å²) in [6, 6.07) is 8.19. The third-order valence-electron chi connectivity index (χ3n) is 4.94. The highest BCUT2D eigenvalue weighted by Crippen LogP contribution is 2.37. The Bertz CT molecular complexity index is 920. The standard InChI is InChI=1S/C19H20F2N4O4/c1-23-10-14(9-22-23)16(26)24-7-8-28-13-18(11-24)12-25(15-5-3-2-4-6-15)17(27)19(20,21)29-18/h2-6,9-10H,7-8,11-13H2,1H3. The van der Waals surface area contributed by atoms with Gasteiger partial charge in [-0.25, -0.2) is 0 Å². The first kappa shape index (κ1) is 19.5. The van der Waals surface area contributed by atoms with Crippen LogP contribution in [-0.2, 0) is 21.3 Å². The van der Waals surface area contributed by atoms with Crippen LogP contribution in [0.4, 0.5) is 14.5 Å². The summed E-state index contributed by atoms with van der Waals surface area (Å²) >= 11 is 0. The van der Waals surface area contributed by atoms with Crippen molar-refractivity contribution in [2.45, 2.75) is 11.7 Å². The largest absolute Gasteiger partial charge is 0.437 e. The van der Waals surface area contributed by atoms with Crippen LogP contribution in [0.3, 0.4) is 0 Å². The predicted molar refractivity (Wildman–Crippen MR) is 97.5 cm³/mol. The number of halogens is 2. The highest BCUT2D eigenvalue weighted by Gasteiger charge is 2.58. The van der Waals surface area contributed by atoms with E-state index in [2.05, 4.69) is 5.10 Å². The number of carbonyl (C=O) groups is 2. The summed E-state index contributed by atoms with van der Waals surface area (Å²) in [5.41, 5.74) is -0.904. The minimum atomic E-state index is -4.04. The van der Waals surface area contributed by atoms with Crippen molar-refractivity contribution in [3.8, 4) is 0 Å². The fraction of sp³-hybridized carbons (Fsp3) is 0.421. The Kier molecular flexibility index (Phi) is 4.83. The molecule has 2 aliphatic heterocycles. The van der Waals surface area contributed by atoms with E-state index in [1.165, 1.54) is 15.8 Å². The molecule has 8 nitrogen and oxygen atoms in total. The summed E-state index contributed by atoms with van der Waals surface area (Å²) in [5, 5.41) is 3.98. The van der Waals surface area contributed by atoms with Crippen molar-refractivity contribution in [1.29, 1.82) is 0 Å². The van der Waals surface area contributed by atoms with Gasteiger partial charge < -0.3 is 14.5 Å². The van der Waals surface area contributed by atoms with Gasteiger partial charge in [-0.15, -0.1) is 0 Å². The first-order valence-corrected chi connectivity index (χ1v) is 9.10. The van der Waals surface area contributed by atoms with E-state index in [0.717, 1.165) is 4.90 Å². The third-order valence-corrected chi connectivity index (χ3v) is 4.94. The normalized spacial score (nSPS) is 24.6. The molecule has 3 heterocycles. The summed E-state index contributed by atoms with van der Waals surface area (Å²) < 4.78 is 41.1. The molecule has 2 aliphatic rings. The zero-order valence-electron chi connectivity index (χ0n) is 15.8. The van der Waals surface area contributed by atoms with Gasteiger partial charge in [0.05, 0.1) is 38.1 Å². The number of aryl methyl sites for hydroxylation is 1. The molecular formula is C19H20F2N4O4. The maximum Gasteiger partial charge on any atom is 0.437 e. The van der Waals surface area contributed by atoms with E-state index in [9.17, 15) is 18.4 Å². The Morgan fingerprint density at radius 1 is 1.21 bits per heavy atom. The van der Waals surface area contributed by atoms with Crippen molar-refractivity contribution in [2.24, 2.45) is 7.05 Å². The Morgan fingerprint density at radius 2 is 1.97 bits per heavy atom. The minimum absolute atomic E-state index is 0.146. The number of amides is 2. The molecule has 0 radical (unpaired) electrons. The Labute approximate surface area is 165 Å². The number of hydrogen-bond acceptors (Lipinski definition) is 5. The highest BCUT2D eigenvalue weighted by molar-refractivity contribution is 5.98. The van der Waals surface area contributed by atoms with Crippen molar-refractivity contribution >= 4 is 17.5 Å². The Balaban J connectivity index is 1.65. The smallest absolute Gasteiger partial charge is 0.376 e. The third kappa shape index (κ3) is 3.73. The predicted octanol–water partition coefficient (Wildman–Crippen LogP) is 1.29. The van der Waals surface area contributed by atoms with Crippen LogP contribution in [-0.4, -0.2) is 71.1 Å². The van der Waals surface area contributed by atoms with Crippen LogP contribution < -0.4 is 4.90 Å². The monoisotopic (exact) mass is 406 g/mol. The van der Waals surface area contributed by atoms with Crippen LogP contribution in [0.5, 0.6) is 0 Å². The van der Waals surface area contributed by atoms with Crippen molar-refractivity contribution < 1.29 is 27.8 Å². The molecule has 4 rings (SSSR count). The summed E-state index contributed by atoms with van der Waals surface area (Å²) in [4.78, 5) is 27.6. The molecule has 10 heteroatoms. The number of rotatable bonds is 2. The SMILES string of the molecule is Cn1cc(C(=O)N2CCOCC3(C2)CN(c2ccccc2)C(=O)C(F)(F)O3)cn1. The summed E-state index contributed by atoms with van der Waals surface area (Å²) in [6.45, 7) is -0.100. The first-order chi connectivity index (χ1) is 13.8. The van der Waals surface area contributed by atoms with Gasteiger partial charge in [0.2, 0.25) is 0 Å². The lowest BCUT2D eigenvalue weighted by atomic mass is 10.00. The number of carbonyl (C=O) groups excluding carboxylic acids is 2. The molecule has 1 unspecified atom stereocenters. The first-order valence-electron chi connectivity index (χ1n) is 9.10. The maximum atomic E-state index is 14.6.